The van der Waals surface area contributed by atoms with Gasteiger partial charge in [0, 0.05) is 18.2 Å². The SMILES string of the molecule is O[C@@H]1C=Cc2c[nH]nc2C1. The number of nitrogens with one attached hydrogen (secondary N) is 1. The molecule has 0 fully saturated rings. The van der Waals surface area contributed by atoms with Gasteiger partial charge in [0.25, 0.3) is 0 Å². The minimum absolute atomic E-state index is 0.351. The van der Waals surface area contributed by atoms with E-state index in [-0.39, 0.29) is 6.10 Å². The van der Waals surface area contributed by atoms with E-state index in [2.05, 4.69) is 10.2 Å². The van der Waals surface area contributed by atoms with Gasteiger partial charge in [0.05, 0.1) is 11.8 Å². The van der Waals surface area contributed by atoms with Crippen LogP contribution in [0.1, 0.15) is 11.3 Å². The molecule has 52 valence electrons. The standard InChI is InChI=1S/C7H8N2O/c10-6-2-1-5-4-8-9-7(5)3-6/h1-2,4,6,10H,3H2,(H,8,9)/t6-/m1/s1. The normalized spacial score (nSPS) is 22.7. The highest BCUT2D eigenvalue weighted by Crippen LogP contribution is 2.15. The number of aromatic amines is 1. The summed E-state index contributed by atoms with van der Waals surface area (Å²) in [6, 6.07) is 0. The van der Waals surface area contributed by atoms with Crippen LogP contribution >= 0.6 is 0 Å². The average molecular weight is 136 g/mol. The van der Waals surface area contributed by atoms with E-state index in [0.717, 1.165) is 11.3 Å². The highest BCUT2D eigenvalue weighted by molar-refractivity contribution is 5.54. The molecule has 0 aromatic carbocycles. The maximum Gasteiger partial charge on any atom is 0.0780 e. The summed E-state index contributed by atoms with van der Waals surface area (Å²) in [7, 11) is 0. The number of hydrogen-bond acceptors (Lipinski definition) is 2. The summed E-state index contributed by atoms with van der Waals surface area (Å²) in [6.45, 7) is 0. The number of aromatic nitrogens is 2. The highest BCUT2D eigenvalue weighted by Gasteiger charge is 2.12. The number of aliphatic hydroxyl groups is 1. The van der Waals surface area contributed by atoms with Gasteiger partial charge in [-0.3, -0.25) is 5.10 Å². The molecule has 0 unspecified atom stereocenters. The van der Waals surface area contributed by atoms with E-state index < -0.39 is 0 Å². The van der Waals surface area contributed by atoms with Gasteiger partial charge in [0.1, 0.15) is 0 Å². The van der Waals surface area contributed by atoms with Crippen LogP contribution in [0.15, 0.2) is 12.3 Å². The van der Waals surface area contributed by atoms with Crippen LogP contribution in [0, 0.1) is 0 Å². The molecule has 2 rings (SSSR count). The zero-order valence-corrected chi connectivity index (χ0v) is 5.41. The topological polar surface area (TPSA) is 48.9 Å². The number of aliphatic hydroxyl groups excluding tert-OH is 1. The van der Waals surface area contributed by atoms with Crippen molar-refractivity contribution in [3.8, 4) is 0 Å². The Morgan fingerprint density at radius 1 is 1.70 bits per heavy atom. The van der Waals surface area contributed by atoms with Crippen LogP contribution in [-0.4, -0.2) is 21.4 Å². The van der Waals surface area contributed by atoms with E-state index >= 15 is 0 Å². The third-order valence-electron chi connectivity index (χ3n) is 1.65. The van der Waals surface area contributed by atoms with Crippen molar-refractivity contribution in [1.29, 1.82) is 0 Å². The molecule has 0 bridgehead atoms. The lowest BCUT2D eigenvalue weighted by Crippen LogP contribution is -2.10. The molecule has 0 aliphatic heterocycles. The Balaban J connectivity index is 2.43. The molecule has 1 aliphatic carbocycles. The molecule has 1 heterocycles. The van der Waals surface area contributed by atoms with Crippen LogP contribution in [0.25, 0.3) is 6.08 Å². The number of H-pyrrole nitrogens is 1. The Bertz CT molecular complexity index is 264. The van der Waals surface area contributed by atoms with E-state index in [1.807, 2.05) is 12.3 Å². The summed E-state index contributed by atoms with van der Waals surface area (Å²) in [5.41, 5.74) is 2.04. The van der Waals surface area contributed by atoms with Crippen molar-refractivity contribution in [3.63, 3.8) is 0 Å². The van der Waals surface area contributed by atoms with Gasteiger partial charge in [-0.25, -0.2) is 0 Å². The molecule has 1 aromatic heterocycles. The van der Waals surface area contributed by atoms with Crippen LogP contribution < -0.4 is 0 Å². The molecule has 0 spiro atoms. The second kappa shape index (κ2) is 1.95. The van der Waals surface area contributed by atoms with Crippen molar-refractivity contribution >= 4 is 6.08 Å². The van der Waals surface area contributed by atoms with E-state index in [4.69, 9.17) is 5.11 Å². The van der Waals surface area contributed by atoms with Gasteiger partial charge >= 0.3 is 0 Å². The quantitative estimate of drug-likeness (QED) is 0.540. The van der Waals surface area contributed by atoms with Crippen LogP contribution in [-0.2, 0) is 6.42 Å². The summed E-state index contributed by atoms with van der Waals surface area (Å²) in [5.74, 6) is 0. The van der Waals surface area contributed by atoms with Crippen LogP contribution in [0.2, 0.25) is 0 Å². The molecule has 0 radical (unpaired) electrons. The molecule has 1 aliphatic rings. The van der Waals surface area contributed by atoms with Crippen molar-refractivity contribution in [3.05, 3.63) is 23.5 Å². The molecule has 3 nitrogen and oxygen atoms in total. The zero-order valence-electron chi connectivity index (χ0n) is 5.41. The summed E-state index contributed by atoms with van der Waals surface area (Å²) in [4.78, 5) is 0. The van der Waals surface area contributed by atoms with Crippen LogP contribution in [0.5, 0.6) is 0 Å². The van der Waals surface area contributed by atoms with E-state index in [1.54, 1.807) is 6.08 Å². The van der Waals surface area contributed by atoms with Crippen molar-refractivity contribution in [2.45, 2.75) is 12.5 Å². The Morgan fingerprint density at radius 3 is 3.50 bits per heavy atom. The highest BCUT2D eigenvalue weighted by atomic mass is 16.3. The molecule has 10 heavy (non-hydrogen) atoms. The van der Waals surface area contributed by atoms with Gasteiger partial charge in [0.2, 0.25) is 0 Å². The molecule has 0 amide bonds. The first-order valence-corrected chi connectivity index (χ1v) is 3.25. The van der Waals surface area contributed by atoms with Gasteiger partial charge in [-0.1, -0.05) is 12.2 Å². The molecule has 0 saturated heterocycles. The summed E-state index contributed by atoms with van der Waals surface area (Å²) < 4.78 is 0. The van der Waals surface area contributed by atoms with Crippen molar-refractivity contribution in [2.24, 2.45) is 0 Å². The second-order valence-corrected chi connectivity index (χ2v) is 2.42. The third kappa shape index (κ3) is 0.752. The Hall–Kier alpha value is -1.09. The number of rotatable bonds is 0. The van der Waals surface area contributed by atoms with Crippen LogP contribution in [0.3, 0.4) is 0 Å². The Labute approximate surface area is 58.4 Å². The minimum atomic E-state index is -0.351. The van der Waals surface area contributed by atoms with Crippen molar-refractivity contribution < 1.29 is 5.11 Å². The fourth-order valence-electron chi connectivity index (χ4n) is 1.12. The fourth-order valence-corrected chi connectivity index (χ4v) is 1.12. The maximum atomic E-state index is 9.13. The Kier molecular flexibility index (Phi) is 1.11. The minimum Gasteiger partial charge on any atom is -0.389 e. The average Bonchev–Trinajstić information content (AvgIpc) is 2.33. The number of hydrogen-bond donors (Lipinski definition) is 2. The van der Waals surface area contributed by atoms with E-state index in [0.29, 0.717) is 6.42 Å². The molecular formula is C7H8N2O. The monoisotopic (exact) mass is 136 g/mol. The number of fused-ring (bicyclic) bond motifs is 1. The van der Waals surface area contributed by atoms with Gasteiger partial charge in [0.15, 0.2) is 0 Å². The zero-order chi connectivity index (χ0) is 6.97. The van der Waals surface area contributed by atoms with Gasteiger partial charge in [-0.05, 0) is 0 Å². The lowest BCUT2D eigenvalue weighted by atomic mass is 10.0. The summed E-state index contributed by atoms with van der Waals surface area (Å²) in [6.07, 6.45) is 5.77. The summed E-state index contributed by atoms with van der Waals surface area (Å²) in [5, 5.41) is 15.9. The summed E-state index contributed by atoms with van der Waals surface area (Å²) >= 11 is 0. The van der Waals surface area contributed by atoms with Gasteiger partial charge < -0.3 is 5.11 Å². The molecular weight excluding hydrogens is 128 g/mol. The predicted octanol–water partition coefficient (Wildman–Crippen LogP) is 0.340. The van der Waals surface area contributed by atoms with Gasteiger partial charge in [-0.15, -0.1) is 0 Å². The number of nitrogens with zero attached hydrogens (tertiary/aromatic N) is 1. The molecule has 3 heteroatoms. The third-order valence-corrected chi connectivity index (χ3v) is 1.65. The van der Waals surface area contributed by atoms with Crippen molar-refractivity contribution in [2.75, 3.05) is 0 Å². The second-order valence-electron chi connectivity index (χ2n) is 2.42. The van der Waals surface area contributed by atoms with Crippen molar-refractivity contribution in [1.82, 2.24) is 10.2 Å². The van der Waals surface area contributed by atoms with E-state index in [9.17, 15) is 0 Å². The largest absolute Gasteiger partial charge is 0.389 e. The first kappa shape index (κ1) is 5.68. The molecule has 0 saturated carbocycles. The van der Waals surface area contributed by atoms with E-state index in [1.165, 1.54) is 0 Å². The van der Waals surface area contributed by atoms with Gasteiger partial charge in [-0.2, -0.15) is 5.10 Å². The molecule has 1 aromatic rings. The first-order chi connectivity index (χ1) is 4.86. The molecule has 1 atom stereocenters. The predicted molar refractivity (Wildman–Crippen MR) is 37.3 cm³/mol. The maximum absolute atomic E-state index is 9.13. The van der Waals surface area contributed by atoms with Crippen LogP contribution in [0.4, 0.5) is 0 Å². The first-order valence-electron chi connectivity index (χ1n) is 3.25. The lowest BCUT2D eigenvalue weighted by molar-refractivity contribution is 0.222. The lowest BCUT2D eigenvalue weighted by Gasteiger charge is -2.07. The fraction of sp³-hybridized carbons (Fsp3) is 0.286. The molecule has 2 N–H and O–H groups in total. The smallest absolute Gasteiger partial charge is 0.0780 e. The Morgan fingerprint density at radius 2 is 2.60 bits per heavy atom.